The average Bonchev–Trinajstić information content (AvgIpc) is 2.17. The van der Waals surface area contributed by atoms with Gasteiger partial charge < -0.3 is 33.1 Å². The van der Waals surface area contributed by atoms with Gasteiger partial charge in [-0.3, -0.25) is 14.6 Å². The Balaban J connectivity index is 0. The first-order valence-electron chi connectivity index (χ1n) is 4.70. The van der Waals surface area contributed by atoms with Crippen molar-refractivity contribution >= 4 is 17.9 Å². The van der Waals surface area contributed by atoms with Crippen LogP contribution in [0.25, 0.3) is 0 Å². The molecule has 0 bridgehead atoms. The monoisotopic (exact) mass is 249 g/mol. The molecule has 9 heteroatoms. The van der Waals surface area contributed by atoms with Crippen molar-refractivity contribution in [3.05, 3.63) is 0 Å². The van der Waals surface area contributed by atoms with Gasteiger partial charge in [0.05, 0.1) is 0 Å². The molecule has 0 spiro atoms. The minimum atomic E-state index is -1.05. The molecule has 0 aromatic heterocycles. The molecule has 0 aliphatic heterocycles. The van der Waals surface area contributed by atoms with Gasteiger partial charge in [-0.05, 0) is 13.3 Å². The summed E-state index contributed by atoms with van der Waals surface area (Å²) in [5, 5.41) is 16.2. The van der Waals surface area contributed by atoms with Crippen molar-refractivity contribution in [1.82, 2.24) is 0 Å². The van der Waals surface area contributed by atoms with E-state index in [9.17, 15) is 9.59 Å². The molecule has 0 saturated carbocycles. The van der Waals surface area contributed by atoms with Crippen LogP contribution in [0.15, 0.2) is 4.99 Å². The van der Waals surface area contributed by atoms with Crippen molar-refractivity contribution in [3.8, 4) is 0 Å². The molecule has 0 saturated heterocycles. The zero-order chi connectivity index (χ0) is 14.0. The van der Waals surface area contributed by atoms with Crippen LogP contribution in [0.2, 0.25) is 0 Å². The third kappa shape index (κ3) is 14.1. The molecule has 0 aliphatic rings. The summed E-state index contributed by atoms with van der Waals surface area (Å²) >= 11 is 0. The molecule has 0 radical (unpaired) electrons. The van der Waals surface area contributed by atoms with Gasteiger partial charge in [0.15, 0.2) is 5.96 Å². The van der Waals surface area contributed by atoms with E-state index in [1.807, 2.05) is 0 Å². The Morgan fingerprint density at radius 3 is 1.82 bits per heavy atom. The van der Waals surface area contributed by atoms with E-state index in [1.165, 1.54) is 6.92 Å². The van der Waals surface area contributed by atoms with Crippen molar-refractivity contribution in [1.29, 1.82) is 0 Å². The Hall–Kier alpha value is -1.87. The Morgan fingerprint density at radius 1 is 1.18 bits per heavy atom. The molecule has 0 aliphatic carbocycles. The van der Waals surface area contributed by atoms with E-state index in [4.69, 9.17) is 33.1 Å². The molecule has 0 aromatic carbocycles. The lowest BCUT2D eigenvalue weighted by Gasteiger charge is -2.02. The van der Waals surface area contributed by atoms with Gasteiger partial charge in [-0.25, -0.2) is 0 Å². The summed E-state index contributed by atoms with van der Waals surface area (Å²) in [6, 6.07) is -1.62. The van der Waals surface area contributed by atoms with Gasteiger partial charge in [0, 0.05) is 6.54 Å². The van der Waals surface area contributed by atoms with E-state index in [2.05, 4.69) is 4.99 Å². The first-order valence-corrected chi connectivity index (χ1v) is 4.70. The summed E-state index contributed by atoms with van der Waals surface area (Å²) in [5.74, 6) is -2.06. The Bertz CT molecular complexity index is 275. The van der Waals surface area contributed by atoms with E-state index in [-0.39, 0.29) is 18.9 Å². The Labute approximate surface area is 98.5 Å². The number of guanidine groups is 1. The number of carboxylic acid groups (broad SMARTS) is 2. The second-order valence-corrected chi connectivity index (χ2v) is 3.17. The SMILES string of the molecule is CC(N)C(=O)O.NC(N)=NCCC(N)C(=O)O. The van der Waals surface area contributed by atoms with E-state index >= 15 is 0 Å². The Morgan fingerprint density at radius 2 is 1.59 bits per heavy atom. The van der Waals surface area contributed by atoms with Crippen LogP contribution in [0.3, 0.4) is 0 Å². The topological polar surface area (TPSA) is 191 Å². The highest BCUT2D eigenvalue weighted by atomic mass is 16.4. The van der Waals surface area contributed by atoms with Gasteiger partial charge >= 0.3 is 11.9 Å². The van der Waals surface area contributed by atoms with Crippen LogP contribution in [0.4, 0.5) is 0 Å². The zero-order valence-electron chi connectivity index (χ0n) is 9.54. The van der Waals surface area contributed by atoms with E-state index in [1.54, 1.807) is 0 Å². The summed E-state index contributed by atoms with van der Waals surface area (Å²) in [5.41, 5.74) is 20.0. The van der Waals surface area contributed by atoms with Gasteiger partial charge in [-0.1, -0.05) is 0 Å². The van der Waals surface area contributed by atoms with Crippen LogP contribution < -0.4 is 22.9 Å². The number of aliphatic imine (C=N–C) groups is 1. The number of carboxylic acids is 2. The molecule has 0 fully saturated rings. The summed E-state index contributed by atoms with van der Waals surface area (Å²) in [4.78, 5) is 23.3. The van der Waals surface area contributed by atoms with Crippen LogP contribution in [-0.2, 0) is 9.59 Å². The molecular formula is C8H19N5O4. The molecule has 17 heavy (non-hydrogen) atoms. The number of nitrogens with two attached hydrogens (primary N) is 4. The fourth-order valence-corrected chi connectivity index (χ4v) is 0.456. The lowest BCUT2D eigenvalue weighted by molar-refractivity contribution is -0.139. The zero-order valence-corrected chi connectivity index (χ0v) is 9.54. The first-order chi connectivity index (χ1) is 7.68. The van der Waals surface area contributed by atoms with Crippen molar-refractivity contribution < 1.29 is 19.8 Å². The maximum atomic E-state index is 10.1. The Kier molecular flexibility index (Phi) is 9.65. The second kappa shape index (κ2) is 9.36. The summed E-state index contributed by atoms with van der Waals surface area (Å²) in [6.45, 7) is 1.66. The summed E-state index contributed by atoms with van der Waals surface area (Å²) in [6.07, 6.45) is 0.243. The van der Waals surface area contributed by atoms with Gasteiger partial charge in [-0.15, -0.1) is 0 Å². The maximum Gasteiger partial charge on any atom is 0.320 e. The molecule has 0 aromatic rings. The normalized spacial score (nSPS) is 12.6. The molecule has 0 amide bonds. The predicted octanol–water partition coefficient (Wildman–Crippen LogP) is -2.52. The molecule has 9 nitrogen and oxygen atoms in total. The van der Waals surface area contributed by atoms with Crippen LogP contribution in [0, 0.1) is 0 Å². The minimum Gasteiger partial charge on any atom is -0.480 e. The quantitative estimate of drug-likeness (QED) is 0.227. The van der Waals surface area contributed by atoms with Crippen molar-refractivity contribution in [2.24, 2.45) is 27.9 Å². The van der Waals surface area contributed by atoms with E-state index in [0.29, 0.717) is 0 Å². The van der Waals surface area contributed by atoms with E-state index in [0.717, 1.165) is 0 Å². The third-order valence-corrected chi connectivity index (χ3v) is 1.44. The number of nitrogens with zero attached hydrogens (tertiary/aromatic N) is 1. The highest BCUT2D eigenvalue weighted by Crippen LogP contribution is 1.87. The molecule has 100 valence electrons. The van der Waals surface area contributed by atoms with Crippen molar-refractivity contribution in [2.45, 2.75) is 25.4 Å². The molecule has 0 rings (SSSR count). The molecule has 10 N–H and O–H groups in total. The molecule has 2 unspecified atom stereocenters. The fourth-order valence-electron chi connectivity index (χ4n) is 0.456. The summed E-state index contributed by atoms with van der Waals surface area (Å²) < 4.78 is 0. The lowest BCUT2D eigenvalue weighted by atomic mass is 10.2. The first kappa shape index (κ1) is 17.5. The van der Waals surface area contributed by atoms with Crippen molar-refractivity contribution in [3.63, 3.8) is 0 Å². The van der Waals surface area contributed by atoms with Gasteiger partial charge in [0.1, 0.15) is 12.1 Å². The maximum absolute atomic E-state index is 10.1. The van der Waals surface area contributed by atoms with Crippen LogP contribution in [0.1, 0.15) is 13.3 Å². The molecule has 2 atom stereocenters. The lowest BCUT2D eigenvalue weighted by Crippen LogP contribution is -2.31. The number of rotatable bonds is 5. The standard InChI is InChI=1S/C5H12N4O2.C3H7NO2/c6-3(4(10)11)1-2-9-5(7)8;1-2(4)3(5)6/h3H,1-2,6H2,(H,10,11)(H4,7,8,9);2H,4H2,1H3,(H,5,6). The largest absolute Gasteiger partial charge is 0.480 e. The number of hydrogen-bond donors (Lipinski definition) is 6. The second-order valence-electron chi connectivity index (χ2n) is 3.17. The summed E-state index contributed by atoms with van der Waals surface area (Å²) in [7, 11) is 0. The van der Waals surface area contributed by atoms with Gasteiger partial charge in [0.25, 0.3) is 0 Å². The minimum absolute atomic E-state index is 0.0532. The van der Waals surface area contributed by atoms with Gasteiger partial charge in [-0.2, -0.15) is 0 Å². The van der Waals surface area contributed by atoms with E-state index < -0.39 is 24.0 Å². The number of hydrogen-bond acceptors (Lipinski definition) is 5. The average molecular weight is 249 g/mol. The smallest absolute Gasteiger partial charge is 0.320 e. The predicted molar refractivity (Wildman–Crippen MR) is 62.2 cm³/mol. The highest BCUT2D eigenvalue weighted by Gasteiger charge is 2.09. The number of aliphatic carboxylic acids is 2. The van der Waals surface area contributed by atoms with Crippen LogP contribution in [0.5, 0.6) is 0 Å². The van der Waals surface area contributed by atoms with Crippen LogP contribution in [-0.4, -0.2) is 46.7 Å². The molecular weight excluding hydrogens is 230 g/mol. The molecule has 0 heterocycles. The third-order valence-electron chi connectivity index (χ3n) is 1.44. The van der Waals surface area contributed by atoms with Gasteiger partial charge in [0.2, 0.25) is 0 Å². The van der Waals surface area contributed by atoms with Crippen molar-refractivity contribution in [2.75, 3.05) is 6.54 Å². The van der Waals surface area contributed by atoms with Crippen LogP contribution >= 0.6 is 0 Å². The highest BCUT2D eigenvalue weighted by molar-refractivity contribution is 5.76. The number of carbonyl (C=O) groups is 2. The fraction of sp³-hybridized carbons (Fsp3) is 0.625.